The Morgan fingerprint density at radius 1 is 1.50 bits per heavy atom. The number of nitrogens with zero attached hydrogens (tertiary/aromatic N) is 1. The number of nitrogens with one attached hydrogen (secondary N) is 1. The van der Waals surface area contributed by atoms with Gasteiger partial charge in [0, 0.05) is 14.9 Å². The van der Waals surface area contributed by atoms with Gasteiger partial charge in [0.05, 0.1) is 27.8 Å². The van der Waals surface area contributed by atoms with Crippen molar-refractivity contribution in [1.82, 2.24) is 4.98 Å². The predicted molar refractivity (Wildman–Crippen MR) is 92.7 cm³/mol. The number of hydrogen-bond acceptors (Lipinski definition) is 3. The van der Waals surface area contributed by atoms with Gasteiger partial charge in [-0.05, 0) is 40.8 Å². The number of thiazole rings is 1. The van der Waals surface area contributed by atoms with Crippen LogP contribution in [0.1, 0.15) is 30.5 Å². The molecule has 1 aromatic carbocycles. The monoisotopic (exact) mass is 420 g/mol. The van der Waals surface area contributed by atoms with E-state index >= 15 is 0 Å². The molecule has 1 aromatic heterocycles. The van der Waals surface area contributed by atoms with E-state index in [1.54, 1.807) is 11.3 Å². The predicted octanol–water partition coefficient (Wildman–Crippen LogP) is 4.71. The molecule has 0 saturated heterocycles. The molecule has 20 heavy (non-hydrogen) atoms. The third-order valence-electron chi connectivity index (χ3n) is 2.61. The average Bonchev–Trinajstić information content (AvgIpc) is 2.81. The lowest BCUT2D eigenvalue weighted by molar-refractivity contribution is -0.115. The number of benzene rings is 1. The van der Waals surface area contributed by atoms with E-state index < -0.39 is 0 Å². The summed E-state index contributed by atoms with van der Waals surface area (Å²) in [5, 5.41) is 6.35. The van der Waals surface area contributed by atoms with Gasteiger partial charge in [-0.15, -0.1) is 11.3 Å². The number of anilines is 1. The quantitative estimate of drug-likeness (QED) is 0.728. The van der Waals surface area contributed by atoms with E-state index in [9.17, 15) is 4.79 Å². The second-order valence-electron chi connectivity index (χ2n) is 4.68. The van der Waals surface area contributed by atoms with Crippen LogP contribution in [0.5, 0.6) is 0 Å². The third-order valence-corrected chi connectivity index (χ3v) is 4.79. The van der Waals surface area contributed by atoms with Gasteiger partial charge in [0.25, 0.3) is 0 Å². The second kappa shape index (κ2) is 6.87. The lowest BCUT2D eigenvalue weighted by atomic mass is 10.2. The van der Waals surface area contributed by atoms with Gasteiger partial charge in [-0.25, -0.2) is 4.98 Å². The van der Waals surface area contributed by atoms with Gasteiger partial charge in [0.2, 0.25) is 5.91 Å². The van der Waals surface area contributed by atoms with Gasteiger partial charge in [-0.1, -0.05) is 25.4 Å². The summed E-state index contributed by atoms with van der Waals surface area (Å²) < 4.78 is 1.03. The van der Waals surface area contributed by atoms with Gasteiger partial charge >= 0.3 is 0 Å². The minimum atomic E-state index is -0.103. The first-order valence-electron chi connectivity index (χ1n) is 6.15. The minimum absolute atomic E-state index is 0.103. The Bertz CT molecular complexity index is 627. The molecule has 0 aliphatic heterocycles. The smallest absolute Gasteiger partial charge is 0.230 e. The molecule has 1 N–H and O–H groups in total. The molecule has 0 bridgehead atoms. The van der Waals surface area contributed by atoms with E-state index in [1.807, 2.05) is 23.6 Å². The van der Waals surface area contributed by atoms with E-state index in [1.165, 1.54) is 0 Å². The fourth-order valence-corrected chi connectivity index (χ4v) is 3.36. The van der Waals surface area contributed by atoms with E-state index in [-0.39, 0.29) is 12.3 Å². The molecule has 1 amide bonds. The molecule has 6 heteroatoms. The van der Waals surface area contributed by atoms with Crippen LogP contribution in [0.15, 0.2) is 23.6 Å². The van der Waals surface area contributed by atoms with Crippen molar-refractivity contribution in [3.05, 3.63) is 42.9 Å². The molecule has 0 atom stereocenters. The fourth-order valence-electron chi connectivity index (χ4n) is 1.62. The topological polar surface area (TPSA) is 42.0 Å². The number of carbonyl (C=O) groups excluding carboxylic acids is 1. The number of aromatic nitrogens is 1. The Balaban J connectivity index is 2.01. The summed E-state index contributed by atoms with van der Waals surface area (Å²) in [6, 6.07) is 5.53. The van der Waals surface area contributed by atoms with E-state index in [2.05, 4.69) is 46.7 Å². The maximum Gasteiger partial charge on any atom is 0.230 e. The standard InChI is InChI=1S/C14H14ClIN2OS/c1-8(2)14-17-10(7-20-14)6-13(19)18-12-4-3-9(16)5-11(12)15/h3-5,7-8H,6H2,1-2H3,(H,18,19). The van der Waals surface area contributed by atoms with Crippen molar-refractivity contribution in [3.63, 3.8) is 0 Å². The van der Waals surface area contributed by atoms with Crippen molar-refractivity contribution < 1.29 is 4.79 Å². The number of hydrogen-bond donors (Lipinski definition) is 1. The largest absolute Gasteiger partial charge is 0.324 e. The third kappa shape index (κ3) is 4.17. The summed E-state index contributed by atoms with van der Waals surface area (Å²) in [6.07, 6.45) is 0.269. The first-order valence-corrected chi connectivity index (χ1v) is 8.48. The molecule has 0 aliphatic rings. The zero-order valence-corrected chi connectivity index (χ0v) is 14.8. The number of carbonyl (C=O) groups is 1. The zero-order valence-electron chi connectivity index (χ0n) is 11.1. The van der Waals surface area contributed by atoms with Crippen LogP contribution < -0.4 is 5.32 Å². The Morgan fingerprint density at radius 3 is 2.85 bits per heavy atom. The highest BCUT2D eigenvalue weighted by Gasteiger charge is 2.11. The Morgan fingerprint density at radius 2 is 2.25 bits per heavy atom. The molecule has 0 unspecified atom stereocenters. The zero-order chi connectivity index (χ0) is 14.7. The van der Waals surface area contributed by atoms with E-state index in [4.69, 9.17) is 11.6 Å². The molecular formula is C14H14ClIN2OS. The highest BCUT2D eigenvalue weighted by molar-refractivity contribution is 14.1. The van der Waals surface area contributed by atoms with Gasteiger partial charge in [-0.3, -0.25) is 4.79 Å². The summed E-state index contributed by atoms with van der Waals surface area (Å²) >= 11 is 9.86. The van der Waals surface area contributed by atoms with Crippen LogP contribution in [0.25, 0.3) is 0 Å². The van der Waals surface area contributed by atoms with Gasteiger partial charge in [0.15, 0.2) is 0 Å². The second-order valence-corrected chi connectivity index (χ2v) is 7.22. The van der Waals surface area contributed by atoms with Crippen molar-refractivity contribution in [1.29, 1.82) is 0 Å². The molecule has 1 heterocycles. The molecular weight excluding hydrogens is 407 g/mol. The van der Waals surface area contributed by atoms with E-state index in [0.29, 0.717) is 16.6 Å². The molecule has 0 spiro atoms. The van der Waals surface area contributed by atoms with Gasteiger partial charge in [0.1, 0.15) is 0 Å². The van der Waals surface area contributed by atoms with E-state index in [0.717, 1.165) is 14.3 Å². The SMILES string of the molecule is CC(C)c1nc(CC(=O)Nc2ccc(I)cc2Cl)cs1. The maximum absolute atomic E-state index is 12.0. The number of halogens is 2. The van der Waals surface area contributed by atoms with Crippen molar-refractivity contribution in [2.24, 2.45) is 0 Å². The summed E-state index contributed by atoms with van der Waals surface area (Å²) in [5.41, 5.74) is 1.44. The first-order chi connectivity index (χ1) is 9.45. The molecule has 2 rings (SSSR count). The normalized spacial score (nSPS) is 10.8. The van der Waals surface area contributed by atoms with Crippen molar-refractivity contribution >= 4 is 57.1 Å². The fraction of sp³-hybridized carbons (Fsp3) is 0.286. The Labute approximate surface area is 140 Å². The van der Waals surface area contributed by atoms with Crippen LogP contribution in [0.4, 0.5) is 5.69 Å². The van der Waals surface area contributed by atoms with Crippen LogP contribution in [0.2, 0.25) is 5.02 Å². The lowest BCUT2D eigenvalue weighted by Crippen LogP contribution is -2.15. The number of rotatable bonds is 4. The maximum atomic E-state index is 12.0. The summed E-state index contributed by atoms with van der Waals surface area (Å²) in [5.74, 6) is 0.288. The molecule has 2 aromatic rings. The Hall–Kier alpha value is -0.660. The lowest BCUT2D eigenvalue weighted by Gasteiger charge is -2.06. The molecule has 0 fully saturated rings. The van der Waals surface area contributed by atoms with Crippen molar-refractivity contribution in [2.75, 3.05) is 5.32 Å². The number of amides is 1. The molecule has 106 valence electrons. The van der Waals surface area contributed by atoms with Crippen LogP contribution in [-0.2, 0) is 11.2 Å². The molecule has 0 aliphatic carbocycles. The Kier molecular flexibility index (Phi) is 5.40. The highest BCUT2D eigenvalue weighted by atomic mass is 127. The van der Waals surface area contributed by atoms with Crippen LogP contribution in [0.3, 0.4) is 0 Å². The van der Waals surface area contributed by atoms with Crippen LogP contribution in [0, 0.1) is 3.57 Å². The van der Waals surface area contributed by atoms with Crippen LogP contribution in [-0.4, -0.2) is 10.9 Å². The van der Waals surface area contributed by atoms with Gasteiger partial charge in [-0.2, -0.15) is 0 Å². The molecule has 0 radical (unpaired) electrons. The highest BCUT2D eigenvalue weighted by Crippen LogP contribution is 2.24. The minimum Gasteiger partial charge on any atom is -0.324 e. The van der Waals surface area contributed by atoms with Crippen LogP contribution >= 0.6 is 45.5 Å². The average molecular weight is 421 g/mol. The summed E-state index contributed by atoms with van der Waals surface area (Å²) in [6.45, 7) is 4.18. The molecule has 0 saturated carbocycles. The van der Waals surface area contributed by atoms with Crippen molar-refractivity contribution in [2.45, 2.75) is 26.2 Å². The van der Waals surface area contributed by atoms with Crippen molar-refractivity contribution in [3.8, 4) is 0 Å². The first kappa shape index (κ1) is 15.7. The summed E-state index contributed by atoms with van der Waals surface area (Å²) in [4.78, 5) is 16.4. The van der Waals surface area contributed by atoms with Gasteiger partial charge < -0.3 is 5.32 Å². The summed E-state index contributed by atoms with van der Waals surface area (Å²) in [7, 11) is 0. The molecule has 3 nitrogen and oxygen atoms in total.